The first-order chi connectivity index (χ1) is 4.22. The summed E-state index contributed by atoms with van der Waals surface area (Å²) in [6.07, 6.45) is 3.31. The van der Waals surface area contributed by atoms with Gasteiger partial charge in [-0.1, -0.05) is 32.5 Å². The van der Waals surface area contributed by atoms with Gasteiger partial charge in [0.1, 0.15) is 0 Å². The predicted octanol–water partition coefficient (Wildman–Crippen LogP) is 3.02. The number of hydrogen-bond acceptors (Lipinski definition) is 1. The second-order valence-electron chi connectivity index (χ2n) is 2.32. The zero-order valence-corrected chi connectivity index (χ0v) is 7.13. The number of hydrogen-bond donors (Lipinski definition) is 0. The summed E-state index contributed by atoms with van der Waals surface area (Å²) in [5.74, 6) is 0.403. The smallest absolute Gasteiger partial charge is 0.00408 e. The highest BCUT2D eigenvalue weighted by atomic mass is 32.1. The second kappa shape index (κ2) is 4.92. The quantitative estimate of drug-likeness (QED) is 0.545. The van der Waals surface area contributed by atoms with Gasteiger partial charge in [0.05, 0.1) is 0 Å². The van der Waals surface area contributed by atoms with Gasteiger partial charge in [0, 0.05) is 0 Å². The van der Waals surface area contributed by atoms with E-state index in [1.807, 2.05) is 0 Å². The Labute approximate surface area is 63.7 Å². The van der Waals surface area contributed by atoms with Crippen LogP contribution >= 0.6 is 12.2 Å². The van der Waals surface area contributed by atoms with Crippen molar-refractivity contribution < 1.29 is 0 Å². The highest BCUT2D eigenvalue weighted by Gasteiger charge is 2.03. The van der Waals surface area contributed by atoms with Crippen molar-refractivity contribution in [1.82, 2.24) is 0 Å². The molecular weight excluding hydrogens is 128 g/mol. The van der Waals surface area contributed by atoms with E-state index < -0.39 is 0 Å². The van der Waals surface area contributed by atoms with Crippen LogP contribution in [0.2, 0.25) is 0 Å². The summed E-state index contributed by atoms with van der Waals surface area (Å²) in [6.45, 7) is 8.21. The van der Waals surface area contributed by atoms with Crippen LogP contribution < -0.4 is 0 Å². The summed E-state index contributed by atoms with van der Waals surface area (Å²) in [6, 6.07) is 0. The monoisotopic (exact) mass is 143 g/mol. The van der Waals surface area contributed by atoms with E-state index in [0.717, 1.165) is 24.1 Å². The predicted molar refractivity (Wildman–Crippen MR) is 46.6 cm³/mol. The summed E-state index contributed by atoms with van der Waals surface area (Å²) in [5, 5.41) is 0. The Morgan fingerprint density at radius 3 is 2.44 bits per heavy atom. The van der Waals surface area contributed by atoms with Crippen LogP contribution in [0.25, 0.3) is 0 Å². The molecule has 1 atom stereocenters. The van der Waals surface area contributed by atoms with Crippen LogP contribution in [0.5, 0.6) is 0 Å². The topological polar surface area (TPSA) is 0 Å². The summed E-state index contributed by atoms with van der Waals surface area (Å²) < 4.78 is 0. The van der Waals surface area contributed by atoms with Gasteiger partial charge in [-0.2, -0.15) is 0 Å². The van der Waals surface area contributed by atoms with E-state index >= 15 is 0 Å². The van der Waals surface area contributed by atoms with Crippen molar-refractivity contribution in [3.05, 3.63) is 6.92 Å². The van der Waals surface area contributed by atoms with E-state index in [4.69, 9.17) is 12.2 Å². The van der Waals surface area contributed by atoms with Gasteiger partial charge < -0.3 is 0 Å². The third-order valence-electron chi connectivity index (χ3n) is 1.44. The zero-order valence-electron chi connectivity index (χ0n) is 6.31. The summed E-state index contributed by atoms with van der Waals surface area (Å²) >= 11 is 5.11. The molecule has 0 aromatic carbocycles. The van der Waals surface area contributed by atoms with Crippen molar-refractivity contribution in [2.45, 2.75) is 33.1 Å². The maximum absolute atomic E-state index is 5.11. The Kier molecular flexibility index (Phi) is 4.97. The molecule has 0 aliphatic rings. The van der Waals surface area contributed by atoms with Gasteiger partial charge in [0.25, 0.3) is 0 Å². The van der Waals surface area contributed by atoms with E-state index in [1.54, 1.807) is 0 Å². The molecule has 0 amide bonds. The van der Waals surface area contributed by atoms with Gasteiger partial charge in [-0.3, -0.25) is 0 Å². The third-order valence-corrected chi connectivity index (χ3v) is 1.98. The minimum absolute atomic E-state index is 0.403. The van der Waals surface area contributed by atoms with E-state index in [0.29, 0.717) is 5.92 Å². The normalized spacial score (nSPS) is 13.2. The molecule has 0 N–H and O–H groups in total. The fourth-order valence-corrected chi connectivity index (χ4v) is 1.05. The van der Waals surface area contributed by atoms with Crippen molar-refractivity contribution in [1.29, 1.82) is 0 Å². The lowest BCUT2D eigenvalue weighted by Crippen LogP contribution is -2.06. The maximum atomic E-state index is 5.11. The first-order valence-corrected chi connectivity index (χ1v) is 3.99. The lowest BCUT2D eigenvalue weighted by molar-refractivity contribution is 0.794. The molecule has 0 aromatic rings. The van der Waals surface area contributed by atoms with Crippen molar-refractivity contribution >= 4 is 17.1 Å². The molecule has 1 heteroatoms. The Hall–Kier alpha value is 0.0900. The largest absolute Gasteiger partial charge is 0.0894 e. The summed E-state index contributed by atoms with van der Waals surface area (Å²) in [5.41, 5.74) is 0. The highest BCUT2D eigenvalue weighted by molar-refractivity contribution is 7.80. The first-order valence-electron chi connectivity index (χ1n) is 3.58. The van der Waals surface area contributed by atoms with E-state index in [-0.39, 0.29) is 0 Å². The molecule has 1 unspecified atom stereocenters. The lowest BCUT2D eigenvalue weighted by atomic mass is 10.0. The fourth-order valence-electron chi connectivity index (χ4n) is 0.678. The zero-order chi connectivity index (χ0) is 7.28. The molecule has 0 fully saturated rings. The second-order valence-corrected chi connectivity index (χ2v) is 2.85. The third kappa shape index (κ3) is 3.63. The van der Waals surface area contributed by atoms with Crippen LogP contribution in [0.4, 0.5) is 0 Å². The average molecular weight is 143 g/mol. The molecule has 0 heterocycles. The van der Waals surface area contributed by atoms with Crippen LogP contribution in [0, 0.1) is 12.8 Å². The molecule has 0 aliphatic carbocycles. The molecule has 0 rings (SSSR count). The van der Waals surface area contributed by atoms with Crippen molar-refractivity contribution in [2.75, 3.05) is 0 Å². The fraction of sp³-hybridized carbons (Fsp3) is 0.750. The molecule has 0 aromatic heterocycles. The van der Waals surface area contributed by atoms with E-state index in [9.17, 15) is 0 Å². The standard InChI is InChI=1S/C8H15S/c1-4-6-8(9)7(3)5-2/h7H,3-6H2,1-2H3. The van der Waals surface area contributed by atoms with Gasteiger partial charge in [-0.25, -0.2) is 0 Å². The molecule has 0 nitrogen and oxygen atoms in total. The van der Waals surface area contributed by atoms with Gasteiger partial charge in [0.15, 0.2) is 0 Å². The molecule has 0 spiro atoms. The SMILES string of the molecule is [CH2]C(CC)C(=S)CCC. The van der Waals surface area contributed by atoms with E-state index in [2.05, 4.69) is 20.8 Å². The van der Waals surface area contributed by atoms with Gasteiger partial charge in [0.2, 0.25) is 0 Å². The van der Waals surface area contributed by atoms with Crippen LogP contribution in [-0.4, -0.2) is 4.86 Å². The highest BCUT2D eigenvalue weighted by Crippen LogP contribution is 2.07. The summed E-state index contributed by atoms with van der Waals surface area (Å²) in [4.78, 5) is 1.14. The van der Waals surface area contributed by atoms with Gasteiger partial charge >= 0.3 is 0 Å². The van der Waals surface area contributed by atoms with Crippen LogP contribution in [0.1, 0.15) is 33.1 Å². The lowest BCUT2D eigenvalue weighted by Gasteiger charge is -2.07. The van der Waals surface area contributed by atoms with Crippen molar-refractivity contribution in [3.63, 3.8) is 0 Å². The van der Waals surface area contributed by atoms with Gasteiger partial charge in [-0.15, -0.1) is 0 Å². The Morgan fingerprint density at radius 1 is 1.56 bits per heavy atom. The number of rotatable bonds is 4. The molecule has 0 aliphatic heterocycles. The average Bonchev–Trinajstić information content (AvgIpc) is 1.87. The Morgan fingerprint density at radius 2 is 2.11 bits per heavy atom. The minimum Gasteiger partial charge on any atom is -0.0894 e. The molecule has 9 heavy (non-hydrogen) atoms. The number of thiocarbonyl (C=S) groups is 1. The molecule has 0 saturated heterocycles. The molecule has 1 radical (unpaired) electrons. The van der Waals surface area contributed by atoms with Crippen LogP contribution in [0.3, 0.4) is 0 Å². The molecule has 0 saturated carbocycles. The molecule has 0 bridgehead atoms. The van der Waals surface area contributed by atoms with Crippen molar-refractivity contribution in [2.24, 2.45) is 5.92 Å². The van der Waals surface area contributed by atoms with Crippen LogP contribution in [-0.2, 0) is 0 Å². The van der Waals surface area contributed by atoms with Gasteiger partial charge in [-0.05, 0) is 30.5 Å². The Bertz CT molecular complexity index is 86.6. The first kappa shape index (κ1) is 9.09. The maximum Gasteiger partial charge on any atom is -0.00408 e. The minimum atomic E-state index is 0.403. The molecule has 53 valence electrons. The molecular formula is C8H15S. The van der Waals surface area contributed by atoms with Crippen molar-refractivity contribution in [3.8, 4) is 0 Å². The van der Waals surface area contributed by atoms with E-state index in [1.165, 1.54) is 0 Å². The summed E-state index contributed by atoms with van der Waals surface area (Å²) in [7, 11) is 0. The Balaban J connectivity index is 3.46. The van der Waals surface area contributed by atoms with Crippen LogP contribution in [0.15, 0.2) is 0 Å².